The van der Waals surface area contributed by atoms with Crippen LogP contribution in [0.5, 0.6) is 5.75 Å². The third kappa shape index (κ3) is 4.94. The number of ether oxygens (including phenoxy) is 1. The van der Waals surface area contributed by atoms with Crippen molar-refractivity contribution < 1.29 is 19.0 Å². The van der Waals surface area contributed by atoms with Gasteiger partial charge in [-0.25, -0.2) is 4.39 Å². The molecule has 0 radical (unpaired) electrons. The van der Waals surface area contributed by atoms with Crippen molar-refractivity contribution in [3.05, 3.63) is 56.2 Å². The van der Waals surface area contributed by atoms with E-state index in [-0.39, 0.29) is 18.8 Å². The van der Waals surface area contributed by atoms with Gasteiger partial charge in [0.2, 0.25) is 0 Å². The number of nitrogens with one attached hydrogen (secondary N) is 1. The molecule has 0 fully saturated rings. The highest BCUT2D eigenvalue weighted by atomic mass is 79.9. The Bertz CT molecular complexity index is 714. The Morgan fingerprint density at radius 1 is 1.17 bits per heavy atom. The summed E-state index contributed by atoms with van der Waals surface area (Å²) in [6.07, 6.45) is -0.0765. The summed E-state index contributed by atoms with van der Waals surface area (Å²) < 4.78 is 20.5. The fraction of sp³-hybridized carbons (Fsp3) is 0.188. The average molecular weight is 447 g/mol. The normalized spacial score (nSPS) is 10.4. The minimum atomic E-state index is -0.906. The van der Waals surface area contributed by atoms with Crippen LogP contribution in [0.1, 0.15) is 11.1 Å². The van der Waals surface area contributed by atoms with E-state index in [1.807, 2.05) is 0 Å². The number of rotatable bonds is 6. The van der Waals surface area contributed by atoms with Crippen molar-refractivity contribution >= 4 is 43.5 Å². The lowest BCUT2D eigenvalue weighted by Crippen LogP contribution is -2.02. The molecule has 0 saturated heterocycles. The number of carboxylic acids is 1. The average Bonchev–Trinajstić information content (AvgIpc) is 2.45. The van der Waals surface area contributed by atoms with E-state index < -0.39 is 5.97 Å². The van der Waals surface area contributed by atoms with Crippen molar-refractivity contribution in [1.82, 2.24) is 0 Å². The topological polar surface area (TPSA) is 58.6 Å². The first-order chi connectivity index (χ1) is 10.9. The van der Waals surface area contributed by atoms with Gasteiger partial charge in [-0.1, -0.05) is 0 Å². The van der Waals surface area contributed by atoms with Gasteiger partial charge in [0.1, 0.15) is 18.2 Å². The van der Waals surface area contributed by atoms with Crippen molar-refractivity contribution in [2.24, 2.45) is 0 Å². The van der Waals surface area contributed by atoms with Gasteiger partial charge in [0, 0.05) is 12.7 Å². The molecule has 0 unspecified atom stereocenters. The maximum absolute atomic E-state index is 13.5. The van der Waals surface area contributed by atoms with Crippen molar-refractivity contribution in [1.29, 1.82) is 0 Å². The predicted molar refractivity (Wildman–Crippen MR) is 93.5 cm³/mol. The lowest BCUT2D eigenvalue weighted by Gasteiger charge is -2.13. The minimum Gasteiger partial charge on any atom is -0.487 e. The fourth-order valence-corrected chi connectivity index (χ4v) is 3.57. The number of anilines is 1. The minimum absolute atomic E-state index is 0.0765. The molecule has 0 atom stereocenters. The molecule has 122 valence electrons. The maximum atomic E-state index is 13.5. The molecule has 0 amide bonds. The van der Waals surface area contributed by atoms with Gasteiger partial charge in [-0.2, -0.15) is 0 Å². The number of aliphatic carboxylic acids is 1. The molecule has 4 nitrogen and oxygen atoms in total. The Balaban J connectivity index is 2.17. The summed E-state index contributed by atoms with van der Waals surface area (Å²) in [6.45, 7) is 0.182. The van der Waals surface area contributed by atoms with E-state index in [2.05, 4.69) is 37.2 Å². The lowest BCUT2D eigenvalue weighted by molar-refractivity contribution is -0.136. The molecule has 2 rings (SSSR count). The zero-order valence-electron chi connectivity index (χ0n) is 12.2. The van der Waals surface area contributed by atoms with Crippen LogP contribution in [0.4, 0.5) is 10.1 Å². The summed E-state index contributed by atoms with van der Waals surface area (Å²) in [5.41, 5.74) is 1.99. The fourth-order valence-electron chi connectivity index (χ4n) is 2.06. The van der Waals surface area contributed by atoms with Gasteiger partial charge in [0.15, 0.2) is 0 Å². The molecule has 0 heterocycles. The Labute approximate surface area is 149 Å². The van der Waals surface area contributed by atoms with Crippen LogP contribution in [-0.2, 0) is 17.8 Å². The molecule has 0 spiro atoms. The summed E-state index contributed by atoms with van der Waals surface area (Å²) in [6, 6.07) is 7.98. The van der Waals surface area contributed by atoms with Gasteiger partial charge in [0.05, 0.1) is 15.4 Å². The molecule has 0 aliphatic heterocycles. The number of hydrogen-bond acceptors (Lipinski definition) is 3. The summed E-state index contributed by atoms with van der Waals surface area (Å²) >= 11 is 6.74. The predicted octanol–water partition coefficient (Wildman–Crippen LogP) is 4.60. The van der Waals surface area contributed by atoms with E-state index >= 15 is 0 Å². The van der Waals surface area contributed by atoms with Crippen LogP contribution in [0.25, 0.3) is 0 Å². The molecule has 0 aliphatic rings. The summed E-state index contributed by atoms with van der Waals surface area (Å²) in [5.74, 6) is -0.711. The standard InChI is InChI=1S/C16H14Br2FNO3/c1-20-12-3-10(2-11(19)7-12)8-23-16-13(17)4-9(5-14(16)18)6-15(21)22/h2-5,7,20H,6,8H2,1H3,(H,21,22). The zero-order chi connectivity index (χ0) is 17.0. The van der Waals surface area contributed by atoms with Crippen molar-refractivity contribution in [3.8, 4) is 5.75 Å². The molecule has 7 heteroatoms. The molecular formula is C16H14Br2FNO3. The highest BCUT2D eigenvalue weighted by Gasteiger charge is 2.12. The van der Waals surface area contributed by atoms with E-state index in [9.17, 15) is 9.18 Å². The molecule has 0 aromatic heterocycles. The molecule has 2 aromatic rings. The number of benzene rings is 2. The third-order valence-corrected chi connectivity index (χ3v) is 4.22. The smallest absolute Gasteiger partial charge is 0.307 e. The highest BCUT2D eigenvalue weighted by Crippen LogP contribution is 2.35. The van der Waals surface area contributed by atoms with Crippen LogP contribution in [-0.4, -0.2) is 18.1 Å². The quantitative estimate of drug-likeness (QED) is 0.680. The van der Waals surface area contributed by atoms with Gasteiger partial charge in [-0.15, -0.1) is 0 Å². The van der Waals surface area contributed by atoms with Crippen LogP contribution in [0.2, 0.25) is 0 Å². The molecular weight excluding hydrogens is 433 g/mol. The van der Waals surface area contributed by atoms with Crippen LogP contribution < -0.4 is 10.1 Å². The first kappa shape index (κ1) is 17.7. The Kier molecular flexibility index (Phi) is 6.01. The summed E-state index contributed by atoms with van der Waals surface area (Å²) in [7, 11) is 1.72. The largest absolute Gasteiger partial charge is 0.487 e. The summed E-state index contributed by atoms with van der Waals surface area (Å²) in [5, 5.41) is 11.7. The second kappa shape index (κ2) is 7.79. The van der Waals surface area contributed by atoms with Gasteiger partial charge in [-0.3, -0.25) is 4.79 Å². The van der Waals surface area contributed by atoms with Gasteiger partial charge < -0.3 is 15.2 Å². The van der Waals surface area contributed by atoms with E-state index in [1.165, 1.54) is 12.1 Å². The van der Waals surface area contributed by atoms with Crippen LogP contribution in [0.15, 0.2) is 39.3 Å². The van der Waals surface area contributed by atoms with Gasteiger partial charge >= 0.3 is 5.97 Å². The van der Waals surface area contributed by atoms with E-state index in [0.717, 1.165) is 0 Å². The number of carboxylic acid groups (broad SMARTS) is 1. The number of hydrogen-bond donors (Lipinski definition) is 2. The molecule has 0 saturated carbocycles. The van der Waals surface area contributed by atoms with E-state index in [4.69, 9.17) is 9.84 Å². The van der Waals surface area contributed by atoms with Crippen LogP contribution >= 0.6 is 31.9 Å². The molecule has 0 aliphatic carbocycles. The molecule has 2 aromatic carbocycles. The first-order valence-corrected chi connectivity index (χ1v) is 8.27. The maximum Gasteiger partial charge on any atom is 0.307 e. The second-order valence-corrected chi connectivity index (χ2v) is 6.55. The SMILES string of the molecule is CNc1cc(F)cc(COc2c(Br)cc(CC(=O)O)cc2Br)c1. The molecule has 0 bridgehead atoms. The Morgan fingerprint density at radius 2 is 1.83 bits per heavy atom. The molecule has 23 heavy (non-hydrogen) atoms. The van der Waals surface area contributed by atoms with Crippen molar-refractivity contribution in [2.75, 3.05) is 12.4 Å². The summed E-state index contributed by atoms with van der Waals surface area (Å²) in [4.78, 5) is 10.8. The van der Waals surface area contributed by atoms with E-state index in [1.54, 1.807) is 25.2 Å². The van der Waals surface area contributed by atoms with E-state index in [0.29, 0.717) is 31.5 Å². The Hall–Kier alpha value is -1.60. The number of carbonyl (C=O) groups is 1. The van der Waals surface area contributed by atoms with Crippen LogP contribution in [0.3, 0.4) is 0 Å². The highest BCUT2D eigenvalue weighted by molar-refractivity contribution is 9.11. The van der Waals surface area contributed by atoms with Crippen LogP contribution in [0, 0.1) is 5.82 Å². The zero-order valence-corrected chi connectivity index (χ0v) is 15.4. The van der Waals surface area contributed by atoms with Crippen molar-refractivity contribution in [3.63, 3.8) is 0 Å². The molecule has 2 N–H and O–H groups in total. The first-order valence-electron chi connectivity index (χ1n) is 6.68. The number of halogens is 3. The third-order valence-electron chi connectivity index (χ3n) is 3.04. The monoisotopic (exact) mass is 445 g/mol. The lowest BCUT2D eigenvalue weighted by atomic mass is 10.1. The van der Waals surface area contributed by atoms with Gasteiger partial charge in [-0.05, 0) is 73.3 Å². The second-order valence-electron chi connectivity index (χ2n) is 4.85. The van der Waals surface area contributed by atoms with Crippen molar-refractivity contribution in [2.45, 2.75) is 13.0 Å². The Morgan fingerprint density at radius 3 is 2.39 bits per heavy atom. The van der Waals surface area contributed by atoms with Gasteiger partial charge in [0.25, 0.3) is 0 Å².